The number of aromatic nitrogens is 1. The molecule has 2 aromatic rings. The van der Waals surface area contributed by atoms with Crippen LogP contribution in [0.5, 0.6) is 0 Å². The molecule has 1 aromatic carbocycles. The molecule has 7 nitrogen and oxygen atoms in total. The molecule has 144 valence electrons. The molecule has 0 unspecified atom stereocenters. The van der Waals surface area contributed by atoms with Gasteiger partial charge in [-0.05, 0) is 50.4 Å². The molecule has 1 N–H and O–H groups in total. The molecule has 4 saturated heterocycles. The Morgan fingerprint density at radius 2 is 2.07 bits per heavy atom. The lowest BCUT2D eigenvalue weighted by atomic mass is 9.84. The Morgan fingerprint density at radius 3 is 2.78 bits per heavy atom. The van der Waals surface area contributed by atoms with Crippen molar-refractivity contribution in [3.63, 3.8) is 0 Å². The van der Waals surface area contributed by atoms with Gasteiger partial charge < -0.3 is 24.4 Å². The SMILES string of the molecule is CO[C@@H]1CCN(c2ccc3c(C(=O)N[C@@H]4CN5CCC4CC5)noc3c2)C1. The zero-order chi connectivity index (χ0) is 18.4. The second-order valence-corrected chi connectivity index (χ2v) is 8.02. The van der Waals surface area contributed by atoms with Crippen LogP contribution >= 0.6 is 0 Å². The number of rotatable bonds is 4. The molecule has 7 heteroatoms. The first-order chi connectivity index (χ1) is 13.2. The van der Waals surface area contributed by atoms with Crippen molar-refractivity contribution < 1.29 is 14.1 Å². The number of ether oxygens (including phenoxy) is 1. The van der Waals surface area contributed by atoms with Crippen LogP contribution in [0.4, 0.5) is 5.69 Å². The number of fused-ring (bicyclic) bond motifs is 4. The first-order valence-electron chi connectivity index (χ1n) is 9.91. The van der Waals surface area contributed by atoms with Gasteiger partial charge in [-0.25, -0.2) is 0 Å². The topological polar surface area (TPSA) is 70.8 Å². The number of carbonyl (C=O) groups is 1. The van der Waals surface area contributed by atoms with E-state index in [9.17, 15) is 4.79 Å². The van der Waals surface area contributed by atoms with Gasteiger partial charge in [0.2, 0.25) is 0 Å². The highest BCUT2D eigenvalue weighted by atomic mass is 16.5. The van der Waals surface area contributed by atoms with Crippen molar-refractivity contribution in [2.24, 2.45) is 5.92 Å². The molecule has 5 heterocycles. The lowest BCUT2D eigenvalue weighted by Gasteiger charge is -2.44. The fourth-order valence-electron chi connectivity index (χ4n) is 4.81. The van der Waals surface area contributed by atoms with Gasteiger partial charge >= 0.3 is 0 Å². The minimum atomic E-state index is -0.124. The maximum absolute atomic E-state index is 12.8. The summed E-state index contributed by atoms with van der Waals surface area (Å²) in [6.45, 7) is 5.11. The number of carbonyl (C=O) groups excluding carboxylic acids is 1. The molecular formula is C20H26N4O3. The fourth-order valence-corrected chi connectivity index (χ4v) is 4.81. The third-order valence-corrected chi connectivity index (χ3v) is 6.49. The third-order valence-electron chi connectivity index (χ3n) is 6.49. The number of hydrogen-bond donors (Lipinski definition) is 1. The molecule has 0 radical (unpaired) electrons. The summed E-state index contributed by atoms with van der Waals surface area (Å²) in [6, 6.07) is 6.20. The van der Waals surface area contributed by atoms with Crippen molar-refractivity contribution in [2.45, 2.75) is 31.4 Å². The summed E-state index contributed by atoms with van der Waals surface area (Å²) in [7, 11) is 1.76. The largest absolute Gasteiger partial charge is 0.380 e. The number of benzene rings is 1. The van der Waals surface area contributed by atoms with Crippen LogP contribution < -0.4 is 10.2 Å². The van der Waals surface area contributed by atoms with Gasteiger partial charge in [0.25, 0.3) is 5.91 Å². The van der Waals surface area contributed by atoms with E-state index in [1.807, 2.05) is 18.2 Å². The van der Waals surface area contributed by atoms with Crippen LogP contribution in [0.25, 0.3) is 11.0 Å². The van der Waals surface area contributed by atoms with E-state index in [0.29, 0.717) is 17.2 Å². The molecule has 2 bridgehead atoms. The predicted octanol–water partition coefficient (Wildman–Crippen LogP) is 1.88. The van der Waals surface area contributed by atoms with Gasteiger partial charge in [0, 0.05) is 44.5 Å². The summed E-state index contributed by atoms with van der Waals surface area (Å²) in [5.74, 6) is 0.466. The van der Waals surface area contributed by atoms with Crippen LogP contribution in [0.3, 0.4) is 0 Å². The molecule has 1 amide bonds. The van der Waals surface area contributed by atoms with Crippen molar-refractivity contribution in [1.82, 2.24) is 15.4 Å². The summed E-state index contributed by atoms with van der Waals surface area (Å²) in [5, 5.41) is 8.05. The number of methoxy groups -OCH3 is 1. The maximum Gasteiger partial charge on any atom is 0.274 e. The van der Waals surface area contributed by atoms with Crippen LogP contribution in [0, 0.1) is 5.92 Å². The minimum absolute atomic E-state index is 0.124. The summed E-state index contributed by atoms with van der Waals surface area (Å²) in [6.07, 6.45) is 3.65. The molecule has 27 heavy (non-hydrogen) atoms. The van der Waals surface area contributed by atoms with Crippen molar-refractivity contribution in [1.29, 1.82) is 0 Å². The summed E-state index contributed by atoms with van der Waals surface area (Å²) >= 11 is 0. The molecule has 6 rings (SSSR count). The van der Waals surface area contributed by atoms with E-state index in [1.165, 1.54) is 12.8 Å². The van der Waals surface area contributed by atoms with Gasteiger partial charge in [-0.15, -0.1) is 0 Å². The lowest BCUT2D eigenvalue weighted by molar-refractivity contribution is 0.0616. The monoisotopic (exact) mass is 370 g/mol. The van der Waals surface area contributed by atoms with Gasteiger partial charge in [0.15, 0.2) is 11.3 Å². The highest BCUT2D eigenvalue weighted by Crippen LogP contribution is 2.30. The number of piperidine rings is 3. The zero-order valence-corrected chi connectivity index (χ0v) is 15.7. The lowest BCUT2D eigenvalue weighted by Crippen LogP contribution is -2.57. The van der Waals surface area contributed by atoms with Crippen molar-refractivity contribution in [3.05, 3.63) is 23.9 Å². The Labute approximate surface area is 158 Å². The van der Waals surface area contributed by atoms with Crippen LogP contribution in [0.2, 0.25) is 0 Å². The van der Waals surface area contributed by atoms with Gasteiger partial charge in [-0.3, -0.25) is 4.79 Å². The Kier molecular flexibility index (Phi) is 4.28. The molecule has 0 aliphatic carbocycles. The molecule has 1 aromatic heterocycles. The first kappa shape index (κ1) is 17.0. The van der Waals surface area contributed by atoms with Crippen molar-refractivity contribution in [3.8, 4) is 0 Å². The molecule has 0 spiro atoms. The van der Waals surface area contributed by atoms with Crippen LogP contribution in [-0.2, 0) is 4.74 Å². The van der Waals surface area contributed by atoms with Gasteiger partial charge in [0.05, 0.1) is 11.5 Å². The van der Waals surface area contributed by atoms with E-state index in [0.717, 1.165) is 50.2 Å². The van der Waals surface area contributed by atoms with Gasteiger partial charge in [-0.2, -0.15) is 0 Å². The number of amides is 1. The van der Waals surface area contributed by atoms with Crippen LogP contribution in [0.1, 0.15) is 29.8 Å². The Morgan fingerprint density at radius 1 is 1.22 bits per heavy atom. The van der Waals surface area contributed by atoms with E-state index in [4.69, 9.17) is 9.26 Å². The second-order valence-electron chi connectivity index (χ2n) is 8.02. The zero-order valence-electron chi connectivity index (χ0n) is 15.7. The fraction of sp³-hybridized carbons (Fsp3) is 0.600. The summed E-state index contributed by atoms with van der Waals surface area (Å²) < 4.78 is 10.9. The van der Waals surface area contributed by atoms with E-state index in [2.05, 4.69) is 20.3 Å². The Balaban J connectivity index is 1.33. The van der Waals surface area contributed by atoms with Crippen LogP contribution in [-0.4, -0.2) is 67.9 Å². The number of nitrogens with zero attached hydrogens (tertiary/aromatic N) is 3. The number of hydrogen-bond acceptors (Lipinski definition) is 6. The van der Waals surface area contributed by atoms with E-state index in [1.54, 1.807) is 7.11 Å². The van der Waals surface area contributed by atoms with Gasteiger partial charge in [-0.1, -0.05) is 5.16 Å². The molecule has 4 aliphatic heterocycles. The standard InChI is InChI=1S/C20H26N4O3/c1-26-15-6-9-24(11-15)14-2-3-16-18(10-14)27-22-19(16)20(25)21-17-12-23-7-4-13(17)5-8-23/h2-3,10,13,15,17H,4-9,11-12H2,1H3,(H,21,25)/t15-,17-/m1/s1. The second kappa shape index (κ2) is 6.80. The highest BCUT2D eigenvalue weighted by Gasteiger charge is 2.35. The molecule has 0 saturated carbocycles. The quantitative estimate of drug-likeness (QED) is 0.886. The highest BCUT2D eigenvalue weighted by molar-refractivity contribution is 6.04. The smallest absolute Gasteiger partial charge is 0.274 e. The minimum Gasteiger partial charge on any atom is -0.380 e. The predicted molar refractivity (Wildman–Crippen MR) is 102 cm³/mol. The Bertz CT molecular complexity index is 843. The number of nitrogens with one attached hydrogen (secondary N) is 1. The molecule has 4 fully saturated rings. The summed E-state index contributed by atoms with van der Waals surface area (Å²) in [4.78, 5) is 17.5. The maximum atomic E-state index is 12.8. The van der Waals surface area contributed by atoms with E-state index >= 15 is 0 Å². The van der Waals surface area contributed by atoms with E-state index < -0.39 is 0 Å². The molecule has 2 atom stereocenters. The first-order valence-corrected chi connectivity index (χ1v) is 9.91. The molecule has 4 aliphatic rings. The van der Waals surface area contributed by atoms with Gasteiger partial charge in [0.1, 0.15) is 0 Å². The molecular weight excluding hydrogens is 344 g/mol. The Hall–Kier alpha value is -2.12. The normalized spacial score (nSPS) is 30.2. The summed E-state index contributed by atoms with van der Waals surface area (Å²) in [5.41, 5.74) is 2.14. The average molecular weight is 370 g/mol. The third kappa shape index (κ3) is 3.08. The van der Waals surface area contributed by atoms with Crippen LogP contribution in [0.15, 0.2) is 22.7 Å². The number of anilines is 1. The van der Waals surface area contributed by atoms with Crippen molar-refractivity contribution >= 4 is 22.6 Å². The van der Waals surface area contributed by atoms with Crippen molar-refractivity contribution in [2.75, 3.05) is 44.7 Å². The van der Waals surface area contributed by atoms with E-state index in [-0.39, 0.29) is 18.1 Å². The average Bonchev–Trinajstić information content (AvgIpc) is 3.35.